The number of urea groups is 1. The molecule has 1 heterocycles. The summed E-state index contributed by atoms with van der Waals surface area (Å²) >= 11 is 2.49. The predicted octanol–water partition coefficient (Wildman–Crippen LogP) is 4.70. The summed E-state index contributed by atoms with van der Waals surface area (Å²) < 4.78 is 6.57. The summed E-state index contributed by atoms with van der Waals surface area (Å²) in [4.78, 5) is 29.8. The highest BCUT2D eigenvalue weighted by molar-refractivity contribution is 8.01. The van der Waals surface area contributed by atoms with Crippen LogP contribution in [0.25, 0.3) is 0 Å². The van der Waals surface area contributed by atoms with Crippen LogP contribution in [-0.4, -0.2) is 51.9 Å². The van der Waals surface area contributed by atoms with Gasteiger partial charge in [0.1, 0.15) is 0 Å². The van der Waals surface area contributed by atoms with Gasteiger partial charge in [-0.2, -0.15) is 0 Å². The molecule has 1 aromatic carbocycles. The van der Waals surface area contributed by atoms with Gasteiger partial charge in [-0.05, 0) is 18.4 Å². The second-order valence-electron chi connectivity index (χ2n) is 7.12. The molecule has 7 nitrogen and oxygen atoms in total. The first-order chi connectivity index (χ1) is 14.6. The molecule has 0 saturated heterocycles. The Morgan fingerprint density at radius 1 is 1.23 bits per heavy atom. The van der Waals surface area contributed by atoms with Crippen LogP contribution in [0.2, 0.25) is 0 Å². The molecule has 2 N–H and O–H groups in total. The molecule has 162 valence electrons. The smallest absolute Gasteiger partial charge is 0.323 e. The number of nitrogens with one attached hydrogen (secondary N) is 1. The Balaban J connectivity index is 1.54. The molecular weight excluding hydrogens is 422 g/mol. The van der Waals surface area contributed by atoms with Crippen LogP contribution in [0.15, 0.2) is 40.7 Å². The maximum Gasteiger partial charge on any atom is 0.323 e. The number of rotatable bonds is 10. The molecule has 3 rings (SSSR count). The molecule has 9 heteroatoms. The monoisotopic (exact) mass is 449 g/mol. The van der Waals surface area contributed by atoms with Gasteiger partial charge in [0.05, 0.1) is 29.4 Å². The molecule has 0 spiro atoms. The maximum atomic E-state index is 13.0. The average Bonchev–Trinajstić information content (AvgIpc) is 3.21. The van der Waals surface area contributed by atoms with Gasteiger partial charge in [-0.15, -0.1) is 11.8 Å². The van der Waals surface area contributed by atoms with E-state index < -0.39 is 5.97 Å². The molecule has 1 saturated carbocycles. The van der Waals surface area contributed by atoms with E-state index in [1.807, 2.05) is 35.2 Å². The van der Waals surface area contributed by atoms with Crippen LogP contribution in [0, 0.1) is 0 Å². The molecule has 1 aliphatic rings. The van der Waals surface area contributed by atoms with Crippen molar-refractivity contribution in [3.05, 3.63) is 42.1 Å². The molecule has 2 aromatic rings. The van der Waals surface area contributed by atoms with Crippen molar-refractivity contribution in [1.82, 2.24) is 9.88 Å². The molecule has 30 heavy (non-hydrogen) atoms. The number of thiazole rings is 1. The Morgan fingerprint density at radius 3 is 2.73 bits per heavy atom. The van der Waals surface area contributed by atoms with Gasteiger partial charge in [0.15, 0.2) is 5.13 Å². The van der Waals surface area contributed by atoms with Crippen molar-refractivity contribution in [3.63, 3.8) is 0 Å². The lowest BCUT2D eigenvalue weighted by Crippen LogP contribution is -2.45. The summed E-state index contributed by atoms with van der Waals surface area (Å²) in [6.07, 6.45) is 7.08. The number of carbonyl (C=O) groups excluding carboxylic acids is 1. The fraction of sp³-hybridized carbons (Fsp3) is 0.476. The van der Waals surface area contributed by atoms with Crippen LogP contribution < -0.4 is 5.32 Å². The molecule has 2 amide bonds. The summed E-state index contributed by atoms with van der Waals surface area (Å²) in [5.41, 5.74) is 1.11. The number of anilines is 1. The number of nitrogens with zero attached hydrogens (tertiary/aromatic N) is 2. The van der Waals surface area contributed by atoms with Crippen molar-refractivity contribution in [3.8, 4) is 0 Å². The fourth-order valence-corrected chi connectivity index (χ4v) is 5.03. The molecule has 0 bridgehead atoms. The largest absolute Gasteiger partial charge is 0.481 e. The quantitative estimate of drug-likeness (QED) is 0.403. The zero-order valence-electron chi connectivity index (χ0n) is 16.8. The third-order valence-electron chi connectivity index (χ3n) is 4.90. The van der Waals surface area contributed by atoms with E-state index in [0.29, 0.717) is 24.9 Å². The molecule has 1 aromatic heterocycles. The standard InChI is InChI=1S/C21H27N3O4S2/c25-18(26)15-29-19-13-22-20(30-19)23-21(27)24(17-9-5-2-6-10-17)11-12-28-14-16-7-3-1-4-8-16/h1,3-4,7-8,13,17H,2,5-6,9-12,14-15H2,(H,25,26)(H,22,23,27). The molecule has 0 atom stereocenters. The van der Waals surface area contributed by atoms with Crippen molar-refractivity contribution in [2.45, 2.75) is 49.0 Å². The van der Waals surface area contributed by atoms with E-state index in [9.17, 15) is 9.59 Å². The van der Waals surface area contributed by atoms with Gasteiger partial charge in [0.25, 0.3) is 0 Å². The summed E-state index contributed by atoms with van der Waals surface area (Å²) in [5.74, 6) is -0.902. The van der Waals surface area contributed by atoms with Gasteiger partial charge in [-0.1, -0.05) is 60.9 Å². The van der Waals surface area contributed by atoms with Gasteiger partial charge >= 0.3 is 12.0 Å². The van der Waals surface area contributed by atoms with E-state index in [1.165, 1.54) is 29.5 Å². The maximum absolute atomic E-state index is 13.0. The van der Waals surface area contributed by atoms with Gasteiger partial charge in [-0.3, -0.25) is 10.1 Å². The van der Waals surface area contributed by atoms with E-state index in [2.05, 4.69) is 10.3 Å². The van der Waals surface area contributed by atoms with Gasteiger partial charge in [-0.25, -0.2) is 9.78 Å². The average molecular weight is 450 g/mol. The molecule has 1 aliphatic carbocycles. The number of aliphatic carboxylic acids is 1. The number of hydrogen-bond donors (Lipinski definition) is 2. The van der Waals surface area contributed by atoms with Crippen LogP contribution in [0.3, 0.4) is 0 Å². The fourth-order valence-electron chi connectivity index (χ4n) is 3.45. The van der Waals surface area contributed by atoms with Crippen LogP contribution in [-0.2, 0) is 16.1 Å². The zero-order valence-corrected chi connectivity index (χ0v) is 18.4. The number of thioether (sulfide) groups is 1. The van der Waals surface area contributed by atoms with E-state index in [0.717, 1.165) is 35.5 Å². The van der Waals surface area contributed by atoms with E-state index in [-0.39, 0.29) is 17.8 Å². The molecule has 0 radical (unpaired) electrons. The lowest BCUT2D eigenvalue weighted by molar-refractivity contribution is -0.133. The third-order valence-corrected chi connectivity index (χ3v) is 6.99. The number of carboxylic acid groups (broad SMARTS) is 1. The summed E-state index contributed by atoms with van der Waals surface area (Å²) in [5, 5.41) is 12.2. The number of carboxylic acids is 1. The minimum atomic E-state index is -0.877. The van der Waals surface area contributed by atoms with Crippen molar-refractivity contribution < 1.29 is 19.4 Å². The molecule has 0 unspecified atom stereocenters. The first kappa shape index (κ1) is 22.6. The Labute approximate surface area is 184 Å². The van der Waals surface area contributed by atoms with Crippen LogP contribution in [0.4, 0.5) is 9.93 Å². The van der Waals surface area contributed by atoms with Crippen LogP contribution in [0.5, 0.6) is 0 Å². The lowest BCUT2D eigenvalue weighted by atomic mass is 9.94. The van der Waals surface area contributed by atoms with Gasteiger partial charge in [0, 0.05) is 12.6 Å². The molecular formula is C21H27N3O4S2. The minimum Gasteiger partial charge on any atom is -0.481 e. The third kappa shape index (κ3) is 7.30. The number of benzene rings is 1. The summed E-state index contributed by atoms with van der Waals surface area (Å²) in [6, 6.07) is 10.0. The Bertz CT molecular complexity index is 810. The lowest BCUT2D eigenvalue weighted by Gasteiger charge is -2.34. The Hall–Kier alpha value is -2.10. The summed E-state index contributed by atoms with van der Waals surface area (Å²) in [7, 11) is 0. The Kier molecular flexibility index (Phi) is 8.98. The first-order valence-electron chi connectivity index (χ1n) is 10.1. The second kappa shape index (κ2) is 11.9. The highest BCUT2D eigenvalue weighted by atomic mass is 32.2. The molecule has 1 fully saturated rings. The van der Waals surface area contributed by atoms with E-state index in [4.69, 9.17) is 9.84 Å². The SMILES string of the molecule is O=C(O)CSc1cnc(NC(=O)N(CCOCc2ccccc2)C2CCCCC2)s1. The number of aromatic nitrogens is 1. The van der Waals surface area contributed by atoms with Crippen LogP contribution in [0.1, 0.15) is 37.7 Å². The topological polar surface area (TPSA) is 91.8 Å². The highest BCUT2D eigenvalue weighted by Gasteiger charge is 2.26. The van der Waals surface area contributed by atoms with Gasteiger partial charge in [0.2, 0.25) is 0 Å². The number of carbonyl (C=O) groups is 2. The van der Waals surface area contributed by atoms with Gasteiger partial charge < -0.3 is 14.7 Å². The normalized spacial score (nSPS) is 14.4. The van der Waals surface area contributed by atoms with E-state index in [1.54, 1.807) is 6.20 Å². The van der Waals surface area contributed by atoms with Crippen molar-refractivity contribution in [2.75, 3.05) is 24.2 Å². The van der Waals surface area contributed by atoms with Crippen LogP contribution >= 0.6 is 23.1 Å². The Morgan fingerprint density at radius 2 is 2.00 bits per heavy atom. The van der Waals surface area contributed by atoms with Crippen molar-refractivity contribution in [1.29, 1.82) is 0 Å². The second-order valence-corrected chi connectivity index (χ2v) is 9.43. The molecule has 0 aliphatic heterocycles. The zero-order chi connectivity index (χ0) is 21.2. The van der Waals surface area contributed by atoms with Crippen molar-refractivity contribution in [2.24, 2.45) is 0 Å². The highest BCUT2D eigenvalue weighted by Crippen LogP contribution is 2.29. The number of amides is 2. The first-order valence-corrected chi connectivity index (χ1v) is 11.9. The number of ether oxygens (including phenoxy) is 1. The predicted molar refractivity (Wildman–Crippen MR) is 119 cm³/mol. The van der Waals surface area contributed by atoms with Crippen molar-refractivity contribution >= 4 is 40.2 Å². The minimum absolute atomic E-state index is 0.0253. The van der Waals surface area contributed by atoms with E-state index >= 15 is 0 Å². The summed E-state index contributed by atoms with van der Waals surface area (Å²) in [6.45, 7) is 1.52. The number of hydrogen-bond acceptors (Lipinski definition) is 6.